The van der Waals surface area contributed by atoms with Gasteiger partial charge in [-0.2, -0.15) is 0 Å². The summed E-state index contributed by atoms with van der Waals surface area (Å²) in [6, 6.07) is 22.4. The standard InChI is InChI=1S/C25H22FNO4/c1-31-24(29)25(30)16-21(17-8-4-2-5-9-17)22(23(28)18-10-6-3-7-11-18)27(25)20-14-12-19(26)13-15-20/h2-15,21-22,30H,16H2,1H3/t21-,22+,25-/m0/s1. The van der Waals surface area contributed by atoms with Gasteiger partial charge in [-0.1, -0.05) is 60.7 Å². The first-order valence-electron chi connectivity index (χ1n) is 9.95. The molecule has 5 nitrogen and oxygen atoms in total. The molecule has 3 aromatic rings. The highest BCUT2D eigenvalue weighted by atomic mass is 19.1. The summed E-state index contributed by atoms with van der Waals surface area (Å²) in [4.78, 5) is 27.8. The van der Waals surface area contributed by atoms with Crippen molar-refractivity contribution in [2.45, 2.75) is 24.1 Å². The van der Waals surface area contributed by atoms with Crippen molar-refractivity contribution in [1.29, 1.82) is 0 Å². The molecule has 1 aliphatic rings. The molecule has 0 bridgehead atoms. The molecule has 1 aliphatic heterocycles. The normalized spacial score (nSPS) is 22.9. The zero-order valence-electron chi connectivity index (χ0n) is 16.9. The Morgan fingerprint density at radius 3 is 2.13 bits per heavy atom. The van der Waals surface area contributed by atoms with Crippen LogP contribution in [0.15, 0.2) is 84.9 Å². The summed E-state index contributed by atoms with van der Waals surface area (Å²) in [5.74, 6) is -2.09. The molecule has 1 N–H and O–H groups in total. The van der Waals surface area contributed by atoms with Gasteiger partial charge in [0.2, 0.25) is 5.72 Å². The Kier molecular flexibility index (Phi) is 5.57. The number of carbonyl (C=O) groups excluding carboxylic acids is 2. The van der Waals surface area contributed by atoms with Crippen LogP contribution in [0.2, 0.25) is 0 Å². The van der Waals surface area contributed by atoms with E-state index in [1.165, 1.54) is 36.3 Å². The van der Waals surface area contributed by atoms with Crippen molar-refractivity contribution in [1.82, 2.24) is 0 Å². The number of nitrogens with zero attached hydrogens (tertiary/aromatic N) is 1. The van der Waals surface area contributed by atoms with Crippen molar-refractivity contribution in [3.8, 4) is 0 Å². The lowest BCUT2D eigenvalue weighted by Gasteiger charge is -2.36. The predicted molar refractivity (Wildman–Crippen MR) is 114 cm³/mol. The minimum absolute atomic E-state index is 0.0513. The van der Waals surface area contributed by atoms with Crippen LogP contribution in [0.5, 0.6) is 0 Å². The number of hydrogen-bond acceptors (Lipinski definition) is 5. The molecule has 1 fully saturated rings. The lowest BCUT2D eigenvalue weighted by Crippen LogP contribution is -2.55. The first-order chi connectivity index (χ1) is 15.0. The molecule has 1 saturated heterocycles. The topological polar surface area (TPSA) is 66.8 Å². The van der Waals surface area contributed by atoms with Crippen molar-refractivity contribution < 1.29 is 23.8 Å². The Hall–Kier alpha value is -3.51. The summed E-state index contributed by atoms with van der Waals surface area (Å²) in [5.41, 5.74) is -0.484. The van der Waals surface area contributed by atoms with E-state index in [0.29, 0.717) is 11.3 Å². The highest BCUT2D eigenvalue weighted by molar-refractivity contribution is 6.05. The molecule has 1 heterocycles. The molecule has 3 atom stereocenters. The number of ether oxygens (including phenoxy) is 1. The van der Waals surface area contributed by atoms with Crippen LogP contribution in [0.1, 0.15) is 28.3 Å². The Morgan fingerprint density at radius 2 is 1.55 bits per heavy atom. The number of methoxy groups -OCH3 is 1. The molecule has 0 spiro atoms. The summed E-state index contributed by atoms with van der Waals surface area (Å²) < 4.78 is 18.5. The third-order valence-corrected chi connectivity index (χ3v) is 5.73. The average Bonchev–Trinajstić information content (AvgIpc) is 3.14. The van der Waals surface area contributed by atoms with Crippen LogP contribution in [0.4, 0.5) is 10.1 Å². The van der Waals surface area contributed by atoms with E-state index in [4.69, 9.17) is 4.74 Å². The van der Waals surface area contributed by atoms with Gasteiger partial charge in [-0.05, 0) is 29.8 Å². The Balaban J connectivity index is 1.91. The van der Waals surface area contributed by atoms with Gasteiger partial charge in [-0.15, -0.1) is 0 Å². The zero-order valence-corrected chi connectivity index (χ0v) is 16.9. The summed E-state index contributed by atoms with van der Waals surface area (Å²) in [6.45, 7) is 0. The monoisotopic (exact) mass is 419 g/mol. The molecular formula is C25H22FNO4. The first kappa shape index (κ1) is 20.8. The third-order valence-electron chi connectivity index (χ3n) is 5.73. The minimum atomic E-state index is -2.10. The number of hydrogen-bond donors (Lipinski definition) is 1. The molecule has 4 rings (SSSR count). The van der Waals surface area contributed by atoms with E-state index in [1.807, 2.05) is 36.4 Å². The number of rotatable bonds is 5. The van der Waals surface area contributed by atoms with Crippen molar-refractivity contribution in [2.75, 3.05) is 12.0 Å². The highest BCUT2D eigenvalue weighted by Gasteiger charge is 2.59. The number of aliphatic hydroxyl groups is 1. The van der Waals surface area contributed by atoms with Gasteiger partial charge in [0.05, 0.1) is 7.11 Å². The fourth-order valence-corrected chi connectivity index (χ4v) is 4.32. The lowest BCUT2D eigenvalue weighted by molar-refractivity contribution is -0.161. The first-order valence-corrected chi connectivity index (χ1v) is 9.95. The van der Waals surface area contributed by atoms with Crippen molar-refractivity contribution in [2.24, 2.45) is 0 Å². The summed E-state index contributed by atoms with van der Waals surface area (Å²) in [6.07, 6.45) is -0.0513. The molecule has 0 amide bonds. The SMILES string of the molecule is COC(=O)[C@@]1(O)C[C@@H](c2ccccc2)[C@H](C(=O)c2ccccc2)N1c1ccc(F)cc1. The van der Waals surface area contributed by atoms with Crippen LogP contribution in [0, 0.1) is 5.82 Å². The van der Waals surface area contributed by atoms with E-state index in [2.05, 4.69) is 0 Å². The lowest BCUT2D eigenvalue weighted by atomic mass is 9.86. The van der Waals surface area contributed by atoms with Gasteiger partial charge in [0.15, 0.2) is 5.78 Å². The van der Waals surface area contributed by atoms with E-state index >= 15 is 0 Å². The van der Waals surface area contributed by atoms with Crippen LogP contribution in [0.25, 0.3) is 0 Å². The molecule has 0 radical (unpaired) electrons. The second kappa shape index (κ2) is 8.32. The summed E-state index contributed by atoms with van der Waals surface area (Å²) in [5, 5.41) is 11.5. The minimum Gasteiger partial charge on any atom is -0.465 e. The fraction of sp³-hybridized carbons (Fsp3) is 0.200. The summed E-state index contributed by atoms with van der Waals surface area (Å²) >= 11 is 0. The maximum atomic E-state index is 13.7. The number of esters is 1. The van der Waals surface area contributed by atoms with E-state index in [-0.39, 0.29) is 12.2 Å². The predicted octanol–water partition coefficient (Wildman–Crippen LogP) is 3.93. The van der Waals surface area contributed by atoms with Gasteiger partial charge >= 0.3 is 5.97 Å². The van der Waals surface area contributed by atoms with Gasteiger partial charge in [0.1, 0.15) is 11.9 Å². The molecular weight excluding hydrogens is 397 g/mol. The zero-order chi connectivity index (χ0) is 22.0. The van der Waals surface area contributed by atoms with E-state index in [1.54, 1.807) is 24.3 Å². The van der Waals surface area contributed by atoms with Gasteiger partial charge in [-0.3, -0.25) is 4.79 Å². The van der Waals surface area contributed by atoms with E-state index in [9.17, 15) is 19.1 Å². The quantitative estimate of drug-likeness (QED) is 0.501. The third kappa shape index (κ3) is 3.70. The molecule has 158 valence electrons. The van der Waals surface area contributed by atoms with Crippen LogP contribution in [-0.4, -0.2) is 35.7 Å². The molecule has 0 aromatic heterocycles. The number of anilines is 1. The highest BCUT2D eigenvalue weighted by Crippen LogP contribution is 2.46. The van der Waals surface area contributed by atoms with Crippen molar-refractivity contribution >= 4 is 17.4 Å². The number of halogens is 1. The Labute approximate surface area is 179 Å². The smallest absolute Gasteiger partial charge is 0.359 e. The van der Waals surface area contributed by atoms with Gasteiger partial charge < -0.3 is 14.7 Å². The van der Waals surface area contributed by atoms with Gasteiger partial charge in [-0.25, -0.2) is 9.18 Å². The molecule has 3 aromatic carbocycles. The molecule has 6 heteroatoms. The van der Waals surface area contributed by atoms with Crippen LogP contribution >= 0.6 is 0 Å². The van der Waals surface area contributed by atoms with Crippen LogP contribution in [0.3, 0.4) is 0 Å². The van der Waals surface area contributed by atoms with Crippen molar-refractivity contribution in [3.05, 3.63) is 102 Å². The van der Waals surface area contributed by atoms with E-state index in [0.717, 1.165) is 5.56 Å². The Bertz CT molecular complexity index is 1070. The van der Waals surface area contributed by atoms with Crippen LogP contribution in [-0.2, 0) is 9.53 Å². The van der Waals surface area contributed by atoms with Gasteiger partial charge in [0, 0.05) is 23.6 Å². The molecule has 0 aliphatic carbocycles. The van der Waals surface area contributed by atoms with Crippen molar-refractivity contribution in [3.63, 3.8) is 0 Å². The number of carbonyl (C=O) groups is 2. The number of benzene rings is 3. The second-order valence-corrected chi connectivity index (χ2v) is 7.55. The second-order valence-electron chi connectivity index (χ2n) is 7.55. The van der Waals surface area contributed by atoms with E-state index < -0.39 is 29.5 Å². The number of Topliss-reactive ketones (excluding diaryl/α,β-unsaturated/α-hetero) is 1. The maximum absolute atomic E-state index is 13.7. The average molecular weight is 419 g/mol. The molecule has 31 heavy (non-hydrogen) atoms. The maximum Gasteiger partial charge on any atom is 0.359 e. The summed E-state index contributed by atoms with van der Waals surface area (Å²) in [7, 11) is 1.19. The molecule has 0 saturated carbocycles. The van der Waals surface area contributed by atoms with Gasteiger partial charge in [0.25, 0.3) is 0 Å². The molecule has 0 unspecified atom stereocenters. The Morgan fingerprint density at radius 1 is 0.968 bits per heavy atom. The number of ketones is 1. The van der Waals surface area contributed by atoms with Crippen LogP contribution < -0.4 is 4.90 Å². The largest absolute Gasteiger partial charge is 0.465 e. The fourth-order valence-electron chi connectivity index (χ4n) is 4.32.